The van der Waals surface area contributed by atoms with Crippen LogP contribution in [0.5, 0.6) is 0 Å². The van der Waals surface area contributed by atoms with E-state index in [1.165, 1.54) is 6.42 Å². The van der Waals surface area contributed by atoms with Crippen LogP contribution < -0.4 is 0 Å². The standard InChI is InChI=1S/C3H8.Mg.H2O.2H/c1-3-2;;;;/h3H2,1-2H3;;1H2;;/q;+2;;2*-1. The Morgan fingerprint density at radius 1 is 1.40 bits per heavy atom. The van der Waals surface area contributed by atoms with Crippen molar-refractivity contribution in [2.75, 3.05) is 0 Å². The van der Waals surface area contributed by atoms with Gasteiger partial charge in [0.15, 0.2) is 0 Å². The summed E-state index contributed by atoms with van der Waals surface area (Å²) in [5.41, 5.74) is 0. The van der Waals surface area contributed by atoms with Crippen LogP contribution in [0.3, 0.4) is 0 Å². The van der Waals surface area contributed by atoms with Crippen LogP contribution >= 0.6 is 0 Å². The maximum atomic E-state index is 2.12. The minimum absolute atomic E-state index is 0. The minimum atomic E-state index is 0. The van der Waals surface area contributed by atoms with Gasteiger partial charge < -0.3 is 8.33 Å². The Morgan fingerprint density at radius 3 is 1.40 bits per heavy atom. The smallest absolute Gasteiger partial charge is 1.00 e. The van der Waals surface area contributed by atoms with Crippen LogP contribution in [0.4, 0.5) is 0 Å². The zero-order valence-corrected chi connectivity index (χ0v) is 5.33. The summed E-state index contributed by atoms with van der Waals surface area (Å²) in [5, 5.41) is 0. The summed E-state index contributed by atoms with van der Waals surface area (Å²) in [5.74, 6) is 0. The van der Waals surface area contributed by atoms with Gasteiger partial charge in [0, 0.05) is 0 Å². The molecule has 0 aromatic heterocycles. The van der Waals surface area contributed by atoms with E-state index in [1.54, 1.807) is 0 Å². The van der Waals surface area contributed by atoms with Gasteiger partial charge >= 0.3 is 23.1 Å². The number of hydrogen-bond acceptors (Lipinski definition) is 0. The first kappa shape index (κ1) is 17.2. The number of rotatable bonds is 0. The summed E-state index contributed by atoms with van der Waals surface area (Å²) in [6, 6.07) is 0. The maximum Gasteiger partial charge on any atom is 2.00 e. The van der Waals surface area contributed by atoms with Gasteiger partial charge in [-0.15, -0.1) is 0 Å². The predicted octanol–water partition coefficient (Wildman–Crippen LogP) is 0.436. The van der Waals surface area contributed by atoms with Gasteiger partial charge in [0.25, 0.3) is 0 Å². The Hall–Kier alpha value is 0.726. The average Bonchev–Trinajstić information content (AvgIpc) is 0.918. The molecule has 0 amide bonds. The van der Waals surface area contributed by atoms with Crippen molar-refractivity contribution in [3.8, 4) is 0 Å². The van der Waals surface area contributed by atoms with Crippen molar-refractivity contribution in [1.29, 1.82) is 0 Å². The largest absolute Gasteiger partial charge is 2.00 e. The second kappa shape index (κ2) is 22.0. The molecule has 0 atom stereocenters. The molecule has 0 heterocycles. The normalized spacial score (nSPS) is 3.60. The molecule has 0 saturated heterocycles. The molecule has 2 heteroatoms. The molecule has 32 valence electrons. The first-order valence-electron chi connectivity index (χ1n) is 1.41. The third-order valence-corrected chi connectivity index (χ3v) is 0. The molecule has 0 aliphatic heterocycles. The molecule has 0 aromatic rings. The fourth-order valence-electron chi connectivity index (χ4n) is 0. The SMILES string of the molecule is CCC.O.[H-].[H-].[Mg+2]. The van der Waals surface area contributed by atoms with Crippen molar-refractivity contribution in [3.05, 3.63) is 0 Å². The van der Waals surface area contributed by atoms with Crippen molar-refractivity contribution in [2.24, 2.45) is 0 Å². The average molecular weight is 88.4 g/mol. The zero-order valence-electron chi connectivity index (χ0n) is 5.91. The van der Waals surface area contributed by atoms with Gasteiger partial charge in [0.2, 0.25) is 0 Å². The second-order valence-corrected chi connectivity index (χ2v) is 0.707. The van der Waals surface area contributed by atoms with Crippen LogP contribution in [0.25, 0.3) is 0 Å². The Balaban J connectivity index is -0.00000000333. The summed E-state index contributed by atoms with van der Waals surface area (Å²) < 4.78 is 0. The van der Waals surface area contributed by atoms with E-state index in [0.29, 0.717) is 0 Å². The molecule has 0 aromatic carbocycles. The van der Waals surface area contributed by atoms with Gasteiger partial charge in [0.05, 0.1) is 0 Å². The van der Waals surface area contributed by atoms with E-state index in [-0.39, 0.29) is 31.4 Å². The van der Waals surface area contributed by atoms with E-state index in [2.05, 4.69) is 13.8 Å². The van der Waals surface area contributed by atoms with Crippen LogP contribution in [0, 0.1) is 0 Å². The number of hydrogen-bond donors (Lipinski definition) is 0. The van der Waals surface area contributed by atoms with Crippen LogP contribution in [0.1, 0.15) is 23.1 Å². The summed E-state index contributed by atoms with van der Waals surface area (Å²) in [6.07, 6.45) is 1.25. The van der Waals surface area contributed by atoms with Gasteiger partial charge in [-0.05, 0) is 0 Å². The summed E-state index contributed by atoms with van der Waals surface area (Å²) >= 11 is 0. The Kier molecular flexibility index (Phi) is 75.8. The van der Waals surface area contributed by atoms with E-state index in [0.717, 1.165) is 0 Å². The molecule has 0 radical (unpaired) electrons. The van der Waals surface area contributed by atoms with Crippen LogP contribution in [0.15, 0.2) is 0 Å². The predicted molar refractivity (Wildman–Crippen MR) is 27.6 cm³/mol. The Labute approximate surface area is 52.2 Å². The van der Waals surface area contributed by atoms with Crippen LogP contribution in [-0.4, -0.2) is 28.5 Å². The Bertz CT molecular complexity index is 12.9. The molecular formula is C3H12MgO. The Morgan fingerprint density at radius 2 is 1.40 bits per heavy atom. The van der Waals surface area contributed by atoms with Crippen molar-refractivity contribution in [2.45, 2.75) is 20.3 Å². The molecule has 0 aliphatic rings. The molecule has 5 heavy (non-hydrogen) atoms. The second-order valence-electron chi connectivity index (χ2n) is 0.707. The minimum Gasteiger partial charge on any atom is -1.00 e. The molecule has 0 rings (SSSR count). The van der Waals surface area contributed by atoms with Gasteiger partial charge in [-0.2, -0.15) is 0 Å². The van der Waals surface area contributed by atoms with Crippen molar-refractivity contribution >= 4 is 23.1 Å². The molecular weight excluding hydrogens is 76.3 g/mol. The first-order chi connectivity index (χ1) is 1.41. The molecule has 0 spiro atoms. The third kappa shape index (κ3) is 66.6. The zero-order chi connectivity index (χ0) is 2.71. The van der Waals surface area contributed by atoms with Crippen LogP contribution in [-0.2, 0) is 0 Å². The molecule has 0 fully saturated rings. The van der Waals surface area contributed by atoms with Crippen molar-refractivity contribution < 1.29 is 8.33 Å². The fourth-order valence-corrected chi connectivity index (χ4v) is 0. The maximum absolute atomic E-state index is 2.12. The molecule has 2 N–H and O–H groups in total. The van der Waals surface area contributed by atoms with E-state index in [4.69, 9.17) is 0 Å². The quantitative estimate of drug-likeness (QED) is 0.385. The van der Waals surface area contributed by atoms with Gasteiger partial charge in [-0.25, -0.2) is 0 Å². The van der Waals surface area contributed by atoms with E-state index in [9.17, 15) is 0 Å². The summed E-state index contributed by atoms with van der Waals surface area (Å²) in [7, 11) is 0. The first-order valence-corrected chi connectivity index (χ1v) is 1.41. The molecule has 0 unspecified atom stereocenters. The van der Waals surface area contributed by atoms with E-state index >= 15 is 0 Å². The molecule has 0 bridgehead atoms. The van der Waals surface area contributed by atoms with E-state index in [1.807, 2.05) is 0 Å². The van der Waals surface area contributed by atoms with Crippen molar-refractivity contribution in [1.82, 2.24) is 0 Å². The molecule has 0 saturated carbocycles. The van der Waals surface area contributed by atoms with Gasteiger partial charge in [-0.1, -0.05) is 20.3 Å². The third-order valence-electron chi connectivity index (χ3n) is 0. The topological polar surface area (TPSA) is 31.5 Å². The van der Waals surface area contributed by atoms with E-state index < -0.39 is 0 Å². The van der Waals surface area contributed by atoms with Gasteiger partial charge in [0.1, 0.15) is 0 Å². The van der Waals surface area contributed by atoms with Gasteiger partial charge in [-0.3, -0.25) is 0 Å². The molecule has 0 aliphatic carbocycles. The summed E-state index contributed by atoms with van der Waals surface area (Å²) in [6.45, 7) is 4.25. The summed E-state index contributed by atoms with van der Waals surface area (Å²) in [4.78, 5) is 0. The molecule has 1 nitrogen and oxygen atoms in total. The monoisotopic (exact) mass is 88.1 g/mol. The van der Waals surface area contributed by atoms with Crippen LogP contribution in [0.2, 0.25) is 0 Å². The van der Waals surface area contributed by atoms with Crippen molar-refractivity contribution in [3.63, 3.8) is 0 Å². The fraction of sp³-hybridized carbons (Fsp3) is 1.00.